The normalized spacial score (nSPS) is 10.8. The molecule has 0 aliphatic rings. The SMILES string of the molecule is COCOc1cc(OCOC)c(CC=C(C)C)c(/C=C/c2ccc(C(=O)OC)cc2)c1CC=C(C)C. The Morgan fingerprint density at radius 3 is 1.67 bits per heavy atom. The lowest BCUT2D eigenvalue weighted by molar-refractivity contribution is 0.0452. The van der Waals surface area contributed by atoms with Gasteiger partial charge in [-0.25, -0.2) is 4.79 Å². The molecule has 0 aliphatic heterocycles. The molecule has 6 nitrogen and oxygen atoms in total. The van der Waals surface area contributed by atoms with Crippen molar-refractivity contribution in [3.05, 3.63) is 81.4 Å². The maximum atomic E-state index is 11.8. The molecule has 0 aliphatic carbocycles. The van der Waals surface area contributed by atoms with Crippen LogP contribution >= 0.6 is 0 Å². The summed E-state index contributed by atoms with van der Waals surface area (Å²) in [6.07, 6.45) is 9.84. The van der Waals surface area contributed by atoms with E-state index < -0.39 is 0 Å². The molecule has 0 unspecified atom stereocenters. The van der Waals surface area contributed by atoms with E-state index in [2.05, 4.69) is 45.9 Å². The van der Waals surface area contributed by atoms with Gasteiger partial charge in [0.05, 0.1) is 12.7 Å². The van der Waals surface area contributed by atoms with Gasteiger partial charge >= 0.3 is 5.97 Å². The van der Waals surface area contributed by atoms with Gasteiger partial charge in [0, 0.05) is 31.4 Å². The standard InChI is InChI=1S/C30H38O6/c1-21(2)8-15-26-25(17-12-23-10-13-24(14-11-23)30(31)34-7)27(16-9-22(3)4)29(36-20-33-6)18-28(26)35-19-32-5/h8-14,17-18H,15-16,19-20H2,1-7H3/b17-12+. The molecule has 6 heteroatoms. The fraction of sp³-hybridized carbons (Fsp3) is 0.367. The van der Waals surface area contributed by atoms with E-state index in [1.54, 1.807) is 26.4 Å². The Balaban J connectivity index is 2.71. The number of methoxy groups -OCH3 is 3. The molecule has 0 heterocycles. The number of allylic oxidation sites excluding steroid dienone is 4. The van der Waals surface area contributed by atoms with E-state index in [-0.39, 0.29) is 19.6 Å². The van der Waals surface area contributed by atoms with Crippen LogP contribution in [0.1, 0.15) is 60.3 Å². The molecular formula is C30H38O6. The number of benzene rings is 2. The second kappa shape index (κ2) is 14.9. The highest BCUT2D eigenvalue weighted by Crippen LogP contribution is 2.37. The van der Waals surface area contributed by atoms with Gasteiger partial charge in [0.2, 0.25) is 0 Å². The summed E-state index contributed by atoms with van der Waals surface area (Å²) in [4.78, 5) is 11.8. The van der Waals surface area contributed by atoms with Crippen molar-refractivity contribution in [2.24, 2.45) is 0 Å². The summed E-state index contributed by atoms with van der Waals surface area (Å²) in [5.41, 5.74) is 6.98. The van der Waals surface area contributed by atoms with Crippen molar-refractivity contribution in [1.29, 1.82) is 0 Å². The van der Waals surface area contributed by atoms with Gasteiger partial charge in [-0.3, -0.25) is 0 Å². The van der Waals surface area contributed by atoms with Gasteiger partial charge in [-0.2, -0.15) is 0 Å². The van der Waals surface area contributed by atoms with E-state index in [4.69, 9.17) is 23.7 Å². The second-order valence-corrected chi connectivity index (χ2v) is 8.76. The van der Waals surface area contributed by atoms with Gasteiger partial charge in [-0.1, -0.05) is 47.6 Å². The molecule has 0 amide bonds. The molecule has 2 aromatic carbocycles. The first-order valence-electron chi connectivity index (χ1n) is 11.9. The lowest BCUT2D eigenvalue weighted by atomic mass is 9.92. The average Bonchev–Trinajstić information content (AvgIpc) is 2.87. The summed E-state index contributed by atoms with van der Waals surface area (Å²) in [6.45, 7) is 8.55. The highest BCUT2D eigenvalue weighted by Gasteiger charge is 2.18. The van der Waals surface area contributed by atoms with E-state index in [1.165, 1.54) is 18.3 Å². The average molecular weight is 495 g/mol. The van der Waals surface area contributed by atoms with Crippen LogP contribution in [-0.4, -0.2) is 40.9 Å². The zero-order chi connectivity index (χ0) is 26.5. The largest absolute Gasteiger partial charge is 0.467 e. The molecule has 0 aromatic heterocycles. The molecule has 0 N–H and O–H groups in total. The summed E-state index contributed by atoms with van der Waals surface area (Å²) in [5, 5.41) is 0. The fourth-order valence-electron chi connectivity index (χ4n) is 3.51. The first-order chi connectivity index (χ1) is 17.3. The Hall–Kier alpha value is -3.35. The molecule has 0 radical (unpaired) electrons. The molecule has 0 saturated heterocycles. The topological polar surface area (TPSA) is 63.2 Å². The smallest absolute Gasteiger partial charge is 0.337 e. The third kappa shape index (κ3) is 8.70. The summed E-state index contributed by atoms with van der Waals surface area (Å²) < 4.78 is 27.2. The maximum Gasteiger partial charge on any atom is 0.337 e. The van der Waals surface area contributed by atoms with Gasteiger partial charge in [0.15, 0.2) is 13.6 Å². The van der Waals surface area contributed by atoms with Crippen LogP contribution in [0.5, 0.6) is 11.5 Å². The molecule has 2 aromatic rings. The number of carbonyl (C=O) groups is 1. The van der Waals surface area contributed by atoms with Crippen molar-refractivity contribution < 1.29 is 28.5 Å². The predicted octanol–water partition coefficient (Wildman–Crippen LogP) is 6.63. The summed E-state index contributed by atoms with van der Waals surface area (Å²) in [5.74, 6) is 1.03. The van der Waals surface area contributed by atoms with Gasteiger partial charge in [-0.15, -0.1) is 0 Å². The third-order valence-electron chi connectivity index (χ3n) is 5.37. The van der Waals surface area contributed by atoms with Crippen molar-refractivity contribution in [2.45, 2.75) is 40.5 Å². The Morgan fingerprint density at radius 2 is 1.25 bits per heavy atom. The summed E-state index contributed by atoms with van der Waals surface area (Å²) in [6, 6.07) is 9.21. The second-order valence-electron chi connectivity index (χ2n) is 8.76. The Kier molecular flexibility index (Phi) is 12.0. The maximum absolute atomic E-state index is 11.8. The van der Waals surface area contributed by atoms with E-state index in [0.29, 0.717) is 29.9 Å². The van der Waals surface area contributed by atoms with Crippen molar-refractivity contribution >= 4 is 18.1 Å². The van der Waals surface area contributed by atoms with E-state index >= 15 is 0 Å². The zero-order valence-corrected chi connectivity index (χ0v) is 22.5. The van der Waals surface area contributed by atoms with Crippen molar-refractivity contribution in [1.82, 2.24) is 0 Å². The fourth-order valence-corrected chi connectivity index (χ4v) is 3.51. The minimum atomic E-state index is -0.360. The first kappa shape index (κ1) is 28.9. The number of ether oxygens (including phenoxy) is 5. The van der Waals surface area contributed by atoms with Crippen LogP contribution in [0.3, 0.4) is 0 Å². The quantitative estimate of drug-likeness (QED) is 0.135. The van der Waals surface area contributed by atoms with Gasteiger partial charge in [0.1, 0.15) is 11.5 Å². The number of carbonyl (C=O) groups excluding carboxylic acids is 1. The first-order valence-corrected chi connectivity index (χ1v) is 11.9. The Bertz CT molecular complexity index is 1040. The van der Waals surface area contributed by atoms with Gasteiger partial charge in [-0.05, 0) is 63.8 Å². The molecular weight excluding hydrogens is 456 g/mol. The van der Waals surface area contributed by atoms with Crippen LogP contribution < -0.4 is 9.47 Å². The lowest BCUT2D eigenvalue weighted by Crippen LogP contribution is -2.09. The minimum Gasteiger partial charge on any atom is -0.467 e. The van der Waals surface area contributed by atoms with Gasteiger partial charge in [0.25, 0.3) is 0 Å². The number of rotatable bonds is 13. The van der Waals surface area contributed by atoms with E-state index in [1.807, 2.05) is 24.3 Å². The number of hydrogen-bond acceptors (Lipinski definition) is 6. The number of esters is 1. The van der Waals surface area contributed by atoms with E-state index in [0.717, 1.165) is 22.3 Å². The van der Waals surface area contributed by atoms with Crippen LogP contribution in [-0.2, 0) is 27.1 Å². The van der Waals surface area contributed by atoms with E-state index in [9.17, 15) is 4.79 Å². The Morgan fingerprint density at radius 1 is 0.750 bits per heavy atom. The third-order valence-corrected chi connectivity index (χ3v) is 5.37. The van der Waals surface area contributed by atoms with Gasteiger partial charge < -0.3 is 23.7 Å². The van der Waals surface area contributed by atoms with Crippen LogP contribution in [0.2, 0.25) is 0 Å². The van der Waals surface area contributed by atoms with Crippen LogP contribution in [0.15, 0.2) is 53.6 Å². The predicted molar refractivity (Wildman–Crippen MR) is 144 cm³/mol. The van der Waals surface area contributed by atoms with Crippen molar-refractivity contribution in [2.75, 3.05) is 34.9 Å². The van der Waals surface area contributed by atoms with Crippen LogP contribution in [0.4, 0.5) is 0 Å². The monoisotopic (exact) mass is 494 g/mol. The molecule has 0 saturated carbocycles. The molecule has 0 spiro atoms. The molecule has 194 valence electrons. The number of hydrogen-bond donors (Lipinski definition) is 0. The molecule has 0 atom stereocenters. The summed E-state index contributed by atoms with van der Waals surface area (Å²) >= 11 is 0. The van der Waals surface area contributed by atoms with Crippen molar-refractivity contribution in [3.63, 3.8) is 0 Å². The highest BCUT2D eigenvalue weighted by atomic mass is 16.7. The summed E-state index contributed by atoms with van der Waals surface area (Å²) in [7, 11) is 4.57. The Labute approximate surface area is 215 Å². The minimum absolute atomic E-state index is 0.122. The van der Waals surface area contributed by atoms with Crippen LogP contribution in [0, 0.1) is 0 Å². The molecule has 0 bridgehead atoms. The van der Waals surface area contributed by atoms with Crippen molar-refractivity contribution in [3.8, 4) is 11.5 Å². The highest BCUT2D eigenvalue weighted by molar-refractivity contribution is 5.89. The molecule has 0 fully saturated rings. The zero-order valence-electron chi connectivity index (χ0n) is 22.5. The lowest BCUT2D eigenvalue weighted by Gasteiger charge is -2.20. The molecule has 2 rings (SSSR count). The molecule has 36 heavy (non-hydrogen) atoms. The van der Waals surface area contributed by atoms with Crippen LogP contribution in [0.25, 0.3) is 12.2 Å².